The summed E-state index contributed by atoms with van der Waals surface area (Å²) in [5.74, 6) is 0.286. The van der Waals surface area contributed by atoms with Crippen LogP contribution in [0.15, 0.2) is 0 Å². The average Bonchev–Trinajstić information content (AvgIpc) is 2.71. The first-order valence-corrected chi connectivity index (χ1v) is 10.1. The van der Waals surface area contributed by atoms with Crippen molar-refractivity contribution in [3.63, 3.8) is 0 Å². The Hall–Kier alpha value is -0.440. The lowest BCUT2D eigenvalue weighted by Crippen LogP contribution is -2.51. The molecule has 1 aliphatic rings. The normalized spacial score (nSPS) is 23.4. The van der Waals surface area contributed by atoms with Crippen LogP contribution in [0.25, 0.3) is 0 Å². The topological polar surface area (TPSA) is 197 Å². The summed E-state index contributed by atoms with van der Waals surface area (Å²) in [7, 11) is 0. The standard InChI is InChI=1S/C18H38N2O9/c21-9-15(26)13(24)5-12(23)7-20(6-11-1-3-19-4-2-11)8-14(25)17(28)18(29)16(27)10-22/h11-19,21-29H,1-10H2/t12-,13+,14+,15-,16-,17-,18-/m1/s1. The Morgan fingerprint density at radius 2 is 1.28 bits per heavy atom. The van der Waals surface area contributed by atoms with Gasteiger partial charge in [-0.1, -0.05) is 0 Å². The van der Waals surface area contributed by atoms with Gasteiger partial charge in [0.1, 0.15) is 24.4 Å². The van der Waals surface area contributed by atoms with Gasteiger partial charge in [-0.3, -0.25) is 4.90 Å². The predicted molar refractivity (Wildman–Crippen MR) is 103 cm³/mol. The van der Waals surface area contributed by atoms with Crippen molar-refractivity contribution in [1.29, 1.82) is 0 Å². The van der Waals surface area contributed by atoms with Crippen molar-refractivity contribution in [2.24, 2.45) is 5.92 Å². The Balaban J connectivity index is 2.71. The second kappa shape index (κ2) is 13.8. The van der Waals surface area contributed by atoms with E-state index < -0.39 is 55.9 Å². The molecule has 1 heterocycles. The van der Waals surface area contributed by atoms with Crippen LogP contribution >= 0.6 is 0 Å². The van der Waals surface area contributed by atoms with E-state index in [0.29, 0.717) is 6.54 Å². The van der Waals surface area contributed by atoms with Crippen molar-refractivity contribution in [3.8, 4) is 0 Å². The lowest BCUT2D eigenvalue weighted by molar-refractivity contribution is -0.121. The summed E-state index contributed by atoms with van der Waals surface area (Å²) in [6, 6.07) is 0. The number of hydrogen-bond donors (Lipinski definition) is 10. The van der Waals surface area contributed by atoms with Gasteiger partial charge < -0.3 is 51.3 Å². The Labute approximate surface area is 170 Å². The highest BCUT2D eigenvalue weighted by Gasteiger charge is 2.32. The summed E-state index contributed by atoms with van der Waals surface area (Å²) >= 11 is 0. The summed E-state index contributed by atoms with van der Waals surface area (Å²) < 4.78 is 0. The lowest BCUT2D eigenvalue weighted by atomic mass is 9.96. The van der Waals surface area contributed by atoms with E-state index in [9.17, 15) is 35.7 Å². The molecule has 0 unspecified atom stereocenters. The minimum absolute atomic E-state index is 0.0293. The molecule has 1 rings (SSSR count). The molecule has 1 fully saturated rings. The molecule has 0 spiro atoms. The van der Waals surface area contributed by atoms with Crippen molar-refractivity contribution in [1.82, 2.24) is 10.2 Å². The molecule has 0 aliphatic carbocycles. The third-order valence-corrected chi connectivity index (χ3v) is 5.36. The van der Waals surface area contributed by atoms with Crippen LogP contribution in [-0.2, 0) is 0 Å². The van der Waals surface area contributed by atoms with Gasteiger partial charge in [0.2, 0.25) is 0 Å². The molecule has 0 aromatic heterocycles. The van der Waals surface area contributed by atoms with Crippen molar-refractivity contribution in [2.45, 2.75) is 62.0 Å². The van der Waals surface area contributed by atoms with E-state index in [1.165, 1.54) is 0 Å². The smallest absolute Gasteiger partial charge is 0.111 e. The molecule has 0 saturated carbocycles. The van der Waals surface area contributed by atoms with Crippen molar-refractivity contribution < 1.29 is 46.0 Å². The van der Waals surface area contributed by atoms with E-state index in [4.69, 9.17) is 10.2 Å². The predicted octanol–water partition coefficient (Wildman–Crippen LogP) is -4.81. The third kappa shape index (κ3) is 9.49. The number of rotatable bonds is 14. The Morgan fingerprint density at radius 3 is 1.83 bits per heavy atom. The summed E-state index contributed by atoms with van der Waals surface area (Å²) in [4.78, 5) is 1.70. The van der Waals surface area contributed by atoms with Gasteiger partial charge in [0.25, 0.3) is 0 Å². The SMILES string of the molecule is OC[C@@H](O)[C@@H](O)[C@H](O)[C@@H](O)CN(CC1CCNCC1)C[C@H](O)C[C@H](O)[C@H](O)CO. The van der Waals surface area contributed by atoms with Gasteiger partial charge in [-0.2, -0.15) is 0 Å². The highest BCUT2D eigenvalue weighted by molar-refractivity contribution is 4.84. The monoisotopic (exact) mass is 426 g/mol. The van der Waals surface area contributed by atoms with E-state index in [2.05, 4.69) is 5.32 Å². The first kappa shape index (κ1) is 26.6. The maximum atomic E-state index is 10.3. The van der Waals surface area contributed by atoms with Crippen molar-refractivity contribution >= 4 is 0 Å². The van der Waals surface area contributed by atoms with E-state index in [0.717, 1.165) is 25.9 Å². The maximum absolute atomic E-state index is 10.3. The van der Waals surface area contributed by atoms with Gasteiger partial charge in [-0.15, -0.1) is 0 Å². The highest BCUT2D eigenvalue weighted by Crippen LogP contribution is 2.16. The van der Waals surface area contributed by atoms with Crippen LogP contribution in [0.3, 0.4) is 0 Å². The van der Waals surface area contributed by atoms with Gasteiger partial charge in [0, 0.05) is 26.1 Å². The molecule has 174 valence electrons. The summed E-state index contributed by atoms with van der Waals surface area (Å²) in [6.45, 7) is 0.692. The van der Waals surface area contributed by atoms with Gasteiger partial charge >= 0.3 is 0 Å². The lowest BCUT2D eigenvalue weighted by Gasteiger charge is -2.35. The van der Waals surface area contributed by atoms with E-state index >= 15 is 0 Å². The molecule has 10 N–H and O–H groups in total. The van der Waals surface area contributed by atoms with Gasteiger partial charge in [-0.05, 0) is 31.8 Å². The van der Waals surface area contributed by atoms with E-state index in [1.807, 2.05) is 0 Å². The molecule has 0 aromatic carbocycles. The molecule has 11 heteroatoms. The summed E-state index contributed by atoms with van der Waals surface area (Å²) in [6.07, 6.45) is -8.64. The largest absolute Gasteiger partial charge is 0.394 e. The minimum atomic E-state index is -1.73. The second-order valence-corrected chi connectivity index (χ2v) is 7.92. The zero-order valence-corrected chi connectivity index (χ0v) is 16.7. The fourth-order valence-electron chi connectivity index (χ4n) is 3.52. The maximum Gasteiger partial charge on any atom is 0.111 e. The molecule has 0 amide bonds. The molecule has 1 saturated heterocycles. The van der Waals surface area contributed by atoms with Crippen molar-refractivity contribution in [3.05, 3.63) is 0 Å². The molecular weight excluding hydrogens is 388 g/mol. The fraction of sp³-hybridized carbons (Fsp3) is 1.00. The van der Waals surface area contributed by atoms with E-state index in [-0.39, 0.29) is 25.4 Å². The zero-order chi connectivity index (χ0) is 22.0. The first-order valence-electron chi connectivity index (χ1n) is 10.1. The molecular formula is C18H38N2O9. The molecule has 0 radical (unpaired) electrons. The van der Waals surface area contributed by atoms with Gasteiger partial charge in [-0.25, -0.2) is 0 Å². The minimum Gasteiger partial charge on any atom is -0.394 e. The zero-order valence-electron chi connectivity index (χ0n) is 16.7. The van der Waals surface area contributed by atoms with Crippen LogP contribution in [0.4, 0.5) is 0 Å². The molecule has 29 heavy (non-hydrogen) atoms. The molecule has 7 atom stereocenters. The summed E-state index contributed by atoms with van der Waals surface area (Å²) in [5, 5.41) is 90.1. The van der Waals surface area contributed by atoms with Crippen LogP contribution < -0.4 is 5.32 Å². The fourth-order valence-corrected chi connectivity index (χ4v) is 3.52. The molecule has 1 aliphatic heterocycles. The molecule has 0 aromatic rings. The Kier molecular flexibility index (Phi) is 12.6. The number of nitrogens with one attached hydrogen (secondary N) is 1. The quantitative estimate of drug-likeness (QED) is 0.128. The van der Waals surface area contributed by atoms with Crippen LogP contribution in [0, 0.1) is 5.92 Å². The number of nitrogens with zero attached hydrogens (tertiary/aromatic N) is 1. The molecule has 0 bridgehead atoms. The number of piperidine rings is 1. The van der Waals surface area contributed by atoms with Gasteiger partial charge in [0.15, 0.2) is 0 Å². The van der Waals surface area contributed by atoms with Crippen LogP contribution in [0.1, 0.15) is 19.3 Å². The Morgan fingerprint density at radius 1 is 0.724 bits per heavy atom. The third-order valence-electron chi connectivity index (χ3n) is 5.36. The highest BCUT2D eigenvalue weighted by atomic mass is 16.4. The summed E-state index contributed by atoms with van der Waals surface area (Å²) in [5.41, 5.74) is 0. The first-order chi connectivity index (χ1) is 13.7. The van der Waals surface area contributed by atoms with Crippen LogP contribution in [-0.4, -0.2) is 140 Å². The number of aliphatic hydroxyl groups excluding tert-OH is 9. The van der Waals surface area contributed by atoms with Crippen molar-refractivity contribution in [2.75, 3.05) is 45.9 Å². The number of aliphatic hydroxyl groups is 9. The van der Waals surface area contributed by atoms with E-state index in [1.54, 1.807) is 4.90 Å². The second-order valence-electron chi connectivity index (χ2n) is 7.92. The van der Waals surface area contributed by atoms with Gasteiger partial charge in [0.05, 0.1) is 31.5 Å². The van der Waals surface area contributed by atoms with Crippen LogP contribution in [0.2, 0.25) is 0 Å². The average molecular weight is 427 g/mol. The van der Waals surface area contributed by atoms with Crippen LogP contribution in [0.5, 0.6) is 0 Å². The molecule has 11 nitrogen and oxygen atoms in total. The number of hydrogen-bond acceptors (Lipinski definition) is 11. The Bertz CT molecular complexity index is 428.